The molecule has 4 N–H and O–H groups in total. The average molecular weight is 773 g/mol. The lowest BCUT2D eigenvalue weighted by Gasteiger charge is -2.18. The highest BCUT2D eigenvalue weighted by Gasteiger charge is 2.26. The molecule has 8 bridgehead atoms. The molecular weight excluding hydrogens is 736 g/mol. The molecule has 2 atom stereocenters. The van der Waals surface area contributed by atoms with Gasteiger partial charge < -0.3 is 39.8 Å². The second kappa shape index (κ2) is 17.7. The fourth-order valence-corrected chi connectivity index (χ4v) is 5.88. The summed E-state index contributed by atoms with van der Waals surface area (Å²) in [6, 6.07) is 13.8. The minimum absolute atomic E-state index is 0.0264. The first-order valence-electron chi connectivity index (χ1n) is 17.0. The summed E-state index contributed by atoms with van der Waals surface area (Å²) in [5.41, 5.74) is 0.608. The van der Waals surface area contributed by atoms with Crippen LogP contribution in [0.4, 0.5) is 11.4 Å². The van der Waals surface area contributed by atoms with E-state index >= 15 is 0 Å². The lowest BCUT2D eigenvalue weighted by Crippen LogP contribution is -2.43. The third-order valence-corrected chi connectivity index (χ3v) is 8.73. The molecule has 0 saturated heterocycles. The number of benzene rings is 4. The van der Waals surface area contributed by atoms with E-state index in [1.807, 2.05) is 0 Å². The van der Waals surface area contributed by atoms with Gasteiger partial charge in [0.15, 0.2) is 23.0 Å². The van der Waals surface area contributed by atoms with Gasteiger partial charge in [0.2, 0.25) is 23.3 Å². The summed E-state index contributed by atoms with van der Waals surface area (Å²) in [4.78, 5) is 73.8. The predicted molar refractivity (Wildman–Crippen MR) is 194 cm³/mol. The van der Waals surface area contributed by atoms with E-state index in [0.29, 0.717) is 22.3 Å². The number of aryl methyl sites for hydroxylation is 2. The van der Waals surface area contributed by atoms with Crippen molar-refractivity contribution >= 4 is 35.1 Å². The molecule has 18 heteroatoms. The molecule has 0 fully saturated rings. The molecule has 0 radical (unpaired) electrons. The number of rotatable bonds is 4. The Morgan fingerprint density at radius 2 is 0.964 bits per heavy atom. The molecule has 292 valence electrons. The third-order valence-electron chi connectivity index (χ3n) is 8.73. The number of hydrogen-bond donors (Lipinski definition) is 4. The quantitative estimate of drug-likeness (QED) is 0.127. The molecule has 7 aliphatic rings. The maximum Gasteiger partial charge on any atom is 0.328 e. The van der Waals surface area contributed by atoms with Crippen molar-refractivity contribution in [2.75, 3.05) is 14.2 Å². The molecule has 18 nitrogen and oxygen atoms in total. The van der Waals surface area contributed by atoms with Crippen molar-refractivity contribution in [1.82, 2.24) is 10.6 Å². The van der Waals surface area contributed by atoms with E-state index in [1.54, 1.807) is 0 Å². The molecule has 0 unspecified atom stereocenters. The summed E-state index contributed by atoms with van der Waals surface area (Å²) < 4.78 is 21.1. The van der Waals surface area contributed by atoms with Crippen LogP contribution >= 0.6 is 0 Å². The number of methoxy groups -OCH3 is 2. The Balaban J connectivity index is 1.48. The van der Waals surface area contributed by atoms with Gasteiger partial charge in [0.05, 0.1) is 24.1 Å². The van der Waals surface area contributed by atoms with Crippen molar-refractivity contribution in [3.63, 3.8) is 0 Å². The molecular formula is C38H36N4O14. The van der Waals surface area contributed by atoms with Crippen LogP contribution in [0.1, 0.15) is 35.1 Å². The number of phenolic OH excluding ortho intramolecular Hbond substituents is 2. The molecule has 11 rings (SSSR count). The number of phenols is 2. The van der Waals surface area contributed by atoms with Crippen LogP contribution in [0, 0.1) is 20.2 Å². The molecule has 0 saturated carbocycles. The highest BCUT2D eigenvalue weighted by molar-refractivity contribution is 5.85. The Hall–Kier alpha value is -7.24. The summed E-state index contributed by atoms with van der Waals surface area (Å²) in [5.74, 6) is -4.30. The largest absolute Gasteiger partial charge is 0.504 e. The van der Waals surface area contributed by atoms with Crippen LogP contribution < -0.4 is 20.1 Å². The summed E-state index contributed by atoms with van der Waals surface area (Å²) in [6.45, 7) is 0. The van der Waals surface area contributed by atoms with Gasteiger partial charge in [0.1, 0.15) is 12.1 Å². The zero-order chi connectivity index (χ0) is 40.5. The molecule has 0 aliphatic carbocycles. The second-order valence-corrected chi connectivity index (χ2v) is 12.6. The van der Waals surface area contributed by atoms with Crippen LogP contribution in [-0.2, 0) is 54.3 Å². The van der Waals surface area contributed by atoms with Gasteiger partial charge in [-0.15, -0.1) is 0 Å². The first-order valence-corrected chi connectivity index (χ1v) is 17.0. The zero-order valence-electron chi connectivity index (χ0n) is 30.0. The minimum atomic E-state index is -1.19. The third kappa shape index (κ3) is 10.0. The van der Waals surface area contributed by atoms with Crippen LogP contribution in [0.5, 0.6) is 34.5 Å². The van der Waals surface area contributed by atoms with E-state index < -0.39 is 68.6 Å². The summed E-state index contributed by atoms with van der Waals surface area (Å²) in [5, 5.41) is 50.7. The number of nitrogens with one attached hydrogen (secondary N) is 2. The number of carbonyl (C=O) groups excluding carboxylic acids is 4. The van der Waals surface area contributed by atoms with Crippen LogP contribution in [0.15, 0.2) is 72.8 Å². The van der Waals surface area contributed by atoms with E-state index in [9.17, 15) is 49.6 Å². The maximum absolute atomic E-state index is 13.0. The highest BCUT2D eigenvalue weighted by Crippen LogP contribution is 2.38. The van der Waals surface area contributed by atoms with Gasteiger partial charge in [-0.05, 0) is 71.5 Å². The van der Waals surface area contributed by atoms with Gasteiger partial charge in [0, 0.05) is 37.8 Å². The van der Waals surface area contributed by atoms with Gasteiger partial charge in [-0.25, -0.2) is 9.59 Å². The number of hydrogen-bond acceptors (Lipinski definition) is 14. The van der Waals surface area contributed by atoms with Crippen molar-refractivity contribution in [2.24, 2.45) is 0 Å². The number of nitrogens with zero attached hydrogens (tertiary/aromatic N) is 2. The van der Waals surface area contributed by atoms with Gasteiger partial charge >= 0.3 is 23.3 Å². The van der Waals surface area contributed by atoms with E-state index in [-0.39, 0.29) is 61.5 Å². The van der Waals surface area contributed by atoms with Crippen molar-refractivity contribution in [2.45, 2.75) is 50.6 Å². The molecule has 0 aromatic heterocycles. The molecule has 7 heterocycles. The number of aromatic hydroxyl groups is 2. The number of amides is 2. The number of nitro benzene ring substituents is 2. The normalized spacial score (nSPS) is 16.5. The molecule has 7 aliphatic heterocycles. The average Bonchev–Trinajstić information content (AvgIpc) is 3.17. The van der Waals surface area contributed by atoms with Crippen LogP contribution in [0.25, 0.3) is 0 Å². The van der Waals surface area contributed by atoms with Crippen molar-refractivity contribution in [3.05, 3.63) is 115 Å². The molecule has 56 heavy (non-hydrogen) atoms. The van der Waals surface area contributed by atoms with Gasteiger partial charge in [-0.2, -0.15) is 0 Å². The number of nitro groups is 2. The standard InChI is InChI=1S/C38H36N4O14/c1-53-37(47)25-15-23-5-11-33(29(43)19-23)55-31-10-4-22(18-28(31)42(51)52)8-14-36(46)40-26(38(48)54-2)16-24-6-12-34(30(44)20-24)56-32-9-3-21(7-13-35(45)39-25)17-27(32)41(49)50/h3-6,9-12,17-20,25-26,43-44H,7-8,13-16H2,1-2H3,(H,39,45)(H,40,46)/t25-,26-/m0/s1. The summed E-state index contributed by atoms with van der Waals surface area (Å²) in [6.07, 6.45) is -0.566. The van der Waals surface area contributed by atoms with Crippen molar-refractivity contribution < 1.29 is 58.2 Å². The Bertz CT molecular complexity index is 2040. The minimum Gasteiger partial charge on any atom is -0.504 e. The monoisotopic (exact) mass is 772 g/mol. The SMILES string of the molecule is COC(=O)[C@@H]1Cc2ccc(c(O)c2)Oc2ccc(cc2[N+](=O)[O-])CCC(=O)N[C@H](C(=O)OC)Cc2ccc(c(O)c2)Oc2ccc(cc2[N+](=O)[O-])CCC(=O)N1. The highest BCUT2D eigenvalue weighted by atomic mass is 16.6. The Morgan fingerprint density at radius 1 is 0.607 bits per heavy atom. The zero-order valence-corrected chi connectivity index (χ0v) is 30.0. The summed E-state index contributed by atoms with van der Waals surface area (Å²) in [7, 11) is 2.27. The first kappa shape index (κ1) is 40.0. The van der Waals surface area contributed by atoms with E-state index in [2.05, 4.69) is 10.6 Å². The fourth-order valence-electron chi connectivity index (χ4n) is 5.88. The van der Waals surface area contributed by atoms with E-state index in [4.69, 9.17) is 18.9 Å². The lowest BCUT2D eigenvalue weighted by atomic mass is 10.0. The predicted octanol–water partition coefficient (Wildman–Crippen LogP) is 4.48. The smallest absolute Gasteiger partial charge is 0.328 e. The van der Waals surface area contributed by atoms with Crippen molar-refractivity contribution in [3.8, 4) is 34.5 Å². The molecule has 4 aromatic carbocycles. The number of carbonyl (C=O) groups is 4. The molecule has 0 spiro atoms. The Labute approximate surface area is 318 Å². The maximum atomic E-state index is 13.0. The fraction of sp³-hybridized carbons (Fsp3) is 0.263. The number of ether oxygens (including phenoxy) is 4. The molecule has 4 aromatic rings. The van der Waals surface area contributed by atoms with Crippen LogP contribution in [0.3, 0.4) is 0 Å². The van der Waals surface area contributed by atoms with Gasteiger partial charge in [-0.1, -0.05) is 24.3 Å². The number of esters is 2. The first-order chi connectivity index (χ1) is 26.7. The Kier molecular flexibility index (Phi) is 12.6. The van der Waals surface area contributed by atoms with Crippen LogP contribution in [-0.4, -0.2) is 70.1 Å². The Morgan fingerprint density at radius 3 is 1.30 bits per heavy atom. The lowest BCUT2D eigenvalue weighted by molar-refractivity contribution is -0.385. The summed E-state index contributed by atoms with van der Waals surface area (Å²) >= 11 is 0. The van der Waals surface area contributed by atoms with Crippen LogP contribution in [0.2, 0.25) is 0 Å². The van der Waals surface area contributed by atoms with E-state index in [1.165, 1.54) is 72.8 Å². The molecule has 2 amide bonds. The second-order valence-electron chi connectivity index (χ2n) is 12.6. The van der Waals surface area contributed by atoms with Gasteiger partial charge in [0.25, 0.3) is 0 Å². The van der Waals surface area contributed by atoms with Crippen molar-refractivity contribution in [1.29, 1.82) is 0 Å². The topological polar surface area (TPSA) is 256 Å². The van der Waals surface area contributed by atoms with E-state index in [0.717, 1.165) is 14.2 Å². The van der Waals surface area contributed by atoms with Gasteiger partial charge in [-0.3, -0.25) is 29.8 Å².